The third-order valence-electron chi connectivity index (χ3n) is 5.51. The lowest BCUT2D eigenvalue weighted by Crippen LogP contribution is -2.53. The van der Waals surface area contributed by atoms with Crippen molar-refractivity contribution >= 4 is 35.8 Å². The highest BCUT2D eigenvalue weighted by Crippen LogP contribution is 2.19. The van der Waals surface area contributed by atoms with Gasteiger partial charge in [-0.05, 0) is 23.6 Å². The van der Waals surface area contributed by atoms with E-state index in [4.69, 9.17) is 10.5 Å². The largest absolute Gasteiger partial charge is 0.379 e. The number of nitrogens with two attached hydrogens (primary N) is 1. The zero-order chi connectivity index (χ0) is 20.4. The normalized spacial score (nSPS) is 16.2. The Hall–Kier alpha value is -1.39. The number of primary amides is 1. The maximum Gasteiger partial charge on any atom is 0.248 e. The lowest BCUT2D eigenvalue weighted by Gasteiger charge is -2.39. The molecule has 0 saturated carbocycles. The van der Waals surface area contributed by atoms with Gasteiger partial charge in [-0.1, -0.05) is 38.8 Å². The predicted molar refractivity (Wildman–Crippen MR) is 129 cm³/mol. The van der Waals surface area contributed by atoms with Crippen molar-refractivity contribution in [1.29, 1.82) is 0 Å². The van der Waals surface area contributed by atoms with E-state index in [-0.39, 0.29) is 24.0 Å². The predicted octanol–water partition coefficient (Wildman–Crippen LogP) is 2.21. The van der Waals surface area contributed by atoms with Crippen molar-refractivity contribution < 1.29 is 9.53 Å². The number of rotatable bonds is 9. The summed E-state index contributed by atoms with van der Waals surface area (Å²) in [6, 6.07) is 7.77. The Morgan fingerprint density at radius 3 is 2.31 bits per heavy atom. The monoisotopic (exact) mass is 517 g/mol. The van der Waals surface area contributed by atoms with Gasteiger partial charge in [0.2, 0.25) is 5.91 Å². The summed E-state index contributed by atoms with van der Waals surface area (Å²) in [6.45, 7) is 9.62. The molecule has 2 rings (SSSR count). The zero-order valence-electron chi connectivity index (χ0n) is 17.8. The van der Waals surface area contributed by atoms with Crippen molar-refractivity contribution in [3.8, 4) is 0 Å². The van der Waals surface area contributed by atoms with Crippen molar-refractivity contribution in [2.24, 2.45) is 16.6 Å². The minimum absolute atomic E-state index is 0. The lowest BCUT2D eigenvalue weighted by molar-refractivity contribution is 0.00272. The van der Waals surface area contributed by atoms with E-state index in [2.05, 4.69) is 34.4 Å². The number of hydrogen-bond acceptors (Lipinski definition) is 4. The number of aliphatic imine (C=N–C) groups is 1. The van der Waals surface area contributed by atoms with Gasteiger partial charge in [0.15, 0.2) is 5.96 Å². The topological polar surface area (TPSA) is 92.0 Å². The minimum atomic E-state index is -0.410. The van der Waals surface area contributed by atoms with E-state index in [0.29, 0.717) is 24.1 Å². The Morgan fingerprint density at radius 2 is 1.79 bits per heavy atom. The number of halogens is 1. The highest BCUT2D eigenvalue weighted by molar-refractivity contribution is 14.0. The van der Waals surface area contributed by atoms with Crippen LogP contribution in [0.15, 0.2) is 29.3 Å². The van der Waals surface area contributed by atoms with Crippen molar-refractivity contribution in [3.63, 3.8) is 0 Å². The Kier molecular flexibility index (Phi) is 12.2. The number of carbonyl (C=O) groups is 1. The second kappa shape index (κ2) is 13.8. The number of carbonyl (C=O) groups excluding carboxylic acids is 1. The fourth-order valence-electron chi connectivity index (χ4n) is 3.73. The van der Waals surface area contributed by atoms with Gasteiger partial charge in [0.1, 0.15) is 0 Å². The number of nitrogens with one attached hydrogen (secondary N) is 2. The third-order valence-corrected chi connectivity index (χ3v) is 5.51. The second-order valence-corrected chi connectivity index (χ2v) is 7.16. The van der Waals surface area contributed by atoms with E-state index in [1.807, 2.05) is 12.1 Å². The van der Waals surface area contributed by atoms with Gasteiger partial charge < -0.3 is 21.1 Å². The molecule has 164 valence electrons. The molecule has 0 aromatic heterocycles. The summed E-state index contributed by atoms with van der Waals surface area (Å²) in [6.07, 6.45) is 2.33. The number of morpholine rings is 1. The fraction of sp³-hybridized carbons (Fsp3) is 0.619. The first-order valence-corrected chi connectivity index (χ1v) is 10.2. The fourth-order valence-corrected chi connectivity index (χ4v) is 3.73. The summed E-state index contributed by atoms with van der Waals surface area (Å²) in [5.41, 5.74) is 6.87. The number of nitrogens with zero attached hydrogens (tertiary/aromatic N) is 2. The summed E-state index contributed by atoms with van der Waals surface area (Å²) >= 11 is 0. The van der Waals surface area contributed by atoms with Crippen molar-refractivity contribution in [3.05, 3.63) is 35.4 Å². The van der Waals surface area contributed by atoms with Gasteiger partial charge >= 0.3 is 0 Å². The Bertz CT molecular complexity index is 628. The molecule has 0 aliphatic carbocycles. The first-order valence-electron chi connectivity index (χ1n) is 10.2. The molecule has 1 heterocycles. The molecule has 7 nitrogen and oxygen atoms in total. The molecule has 1 aromatic rings. The van der Waals surface area contributed by atoms with Crippen LogP contribution in [-0.4, -0.2) is 62.7 Å². The molecule has 1 aliphatic heterocycles. The zero-order valence-corrected chi connectivity index (χ0v) is 20.1. The highest BCUT2D eigenvalue weighted by Gasteiger charge is 2.26. The second-order valence-electron chi connectivity index (χ2n) is 7.16. The summed E-state index contributed by atoms with van der Waals surface area (Å²) in [5, 5.41) is 6.85. The molecule has 0 radical (unpaired) electrons. The van der Waals surface area contributed by atoms with Gasteiger partial charge in [-0.3, -0.25) is 14.7 Å². The Labute approximate surface area is 191 Å². The summed E-state index contributed by atoms with van der Waals surface area (Å²) in [5.74, 6) is 1.01. The van der Waals surface area contributed by atoms with Crippen molar-refractivity contribution in [2.45, 2.75) is 39.3 Å². The van der Waals surface area contributed by atoms with Crippen LogP contribution in [0.1, 0.15) is 42.6 Å². The van der Waals surface area contributed by atoms with E-state index in [9.17, 15) is 4.79 Å². The average Bonchev–Trinajstić information content (AvgIpc) is 2.74. The quantitative estimate of drug-likeness (QED) is 0.266. The maximum atomic E-state index is 11.2. The van der Waals surface area contributed by atoms with Crippen molar-refractivity contribution in [2.75, 3.05) is 39.9 Å². The van der Waals surface area contributed by atoms with E-state index in [1.165, 1.54) is 12.8 Å². The van der Waals surface area contributed by atoms with Crippen molar-refractivity contribution in [1.82, 2.24) is 15.5 Å². The molecule has 0 spiro atoms. The van der Waals surface area contributed by atoms with Crippen LogP contribution in [-0.2, 0) is 11.3 Å². The number of guanidine groups is 1. The van der Waals surface area contributed by atoms with Crippen LogP contribution in [0.3, 0.4) is 0 Å². The number of ether oxygens (including phenoxy) is 1. The van der Waals surface area contributed by atoms with Gasteiger partial charge in [0.25, 0.3) is 0 Å². The van der Waals surface area contributed by atoms with Crippen LogP contribution in [0.5, 0.6) is 0 Å². The highest BCUT2D eigenvalue weighted by atomic mass is 127. The van der Waals surface area contributed by atoms with Crippen LogP contribution >= 0.6 is 24.0 Å². The number of amides is 1. The average molecular weight is 517 g/mol. The third kappa shape index (κ3) is 8.10. The molecule has 0 bridgehead atoms. The van der Waals surface area contributed by atoms with Gasteiger partial charge in [-0.2, -0.15) is 0 Å². The number of hydrogen-bond donors (Lipinski definition) is 3. The van der Waals surface area contributed by atoms with E-state index in [1.54, 1.807) is 19.2 Å². The van der Waals surface area contributed by atoms with Gasteiger partial charge in [-0.25, -0.2) is 0 Å². The van der Waals surface area contributed by atoms with Crippen LogP contribution in [0, 0.1) is 5.92 Å². The molecule has 1 amide bonds. The van der Waals surface area contributed by atoms with E-state index < -0.39 is 5.91 Å². The molecule has 1 atom stereocenters. The Balaban J connectivity index is 0.00000420. The summed E-state index contributed by atoms with van der Waals surface area (Å²) in [7, 11) is 1.78. The van der Waals surface area contributed by atoms with E-state index >= 15 is 0 Å². The molecule has 1 unspecified atom stereocenters. The standard InChI is InChI=1S/C21H35N5O2.HI/c1-4-17(5-2)19(26-10-12-28-13-11-26)15-25-21(23-3)24-14-16-6-8-18(9-7-16)20(22)27;/h6-9,17,19H,4-5,10-15H2,1-3H3,(H2,22,27)(H2,23,24,25);1H. The lowest BCUT2D eigenvalue weighted by atomic mass is 9.92. The van der Waals surface area contributed by atoms with Crippen LogP contribution in [0.25, 0.3) is 0 Å². The molecule has 1 fully saturated rings. The molecule has 4 N–H and O–H groups in total. The summed E-state index contributed by atoms with van der Waals surface area (Å²) < 4.78 is 5.53. The smallest absolute Gasteiger partial charge is 0.248 e. The molecular weight excluding hydrogens is 481 g/mol. The molecule has 1 aromatic carbocycles. The van der Waals surface area contributed by atoms with E-state index in [0.717, 1.165) is 44.4 Å². The summed E-state index contributed by atoms with van der Waals surface area (Å²) in [4.78, 5) is 18.1. The SMILES string of the molecule is CCC(CC)C(CNC(=NC)NCc1ccc(C(N)=O)cc1)N1CCOCC1.I. The molecular formula is C21H36IN5O2. The Morgan fingerprint density at radius 1 is 1.17 bits per heavy atom. The molecule has 8 heteroatoms. The van der Waals surface area contributed by atoms with Crippen LogP contribution in [0.4, 0.5) is 0 Å². The first-order chi connectivity index (χ1) is 13.6. The maximum absolute atomic E-state index is 11.2. The molecule has 1 saturated heterocycles. The molecule has 1 aliphatic rings. The van der Waals surface area contributed by atoms with Gasteiger partial charge in [0, 0.05) is 44.8 Å². The van der Waals surface area contributed by atoms with Gasteiger partial charge in [-0.15, -0.1) is 24.0 Å². The first kappa shape index (κ1) is 25.6. The van der Waals surface area contributed by atoms with Crippen LogP contribution in [0.2, 0.25) is 0 Å². The molecule has 29 heavy (non-hydrogen) atoms. The van der Waals surface area contributed by atoms with Crippen LogP contribution < -0.4 is 16.4 Å². The van der Waals surface area contributed by atoms with Gasteiger partial charge in [0.05, 0.1) is 13.2 Å². The number of benzene rings is 1. The minimum Gasteiger partial charge on any atom is -0.379 e.